The molecule has 0 radical (unpaired) electrons. The molecule has 1 aliphatic heterocycles. The first-order valence-corrected chi connectivity index (χ1v) is 9.57. The maximum absolute atomic E-state index is 12.3. The standard InChI is InChI=1S/C16H23N3O5S/c1-18-7-9-19(10-8-18)25(22,23)11-6-15(20)17-14-5-3-4-13(12-14)16(21)24-2/h3-5,12H,6-11H2,1-2H3,(H,17,20). The number of anilines is 1. The van der Waals surface area contributed by atoms with Crippen LogP contribution in [-0.2, 0) is 19.6 Å². The Morgan fingerprint density at radius 1 is 1.20 bits per heavy atom. The minimum Gasteiger partial charge on any atom is -0.465 e. The number of benzene rings is 1. The van der Waals surface area contributed by atoms with Crippen LogP contribution in [-0.4, -0.2) is 75.6 Å². The molecular formula is C16H23N3O5S. The topological polar surface area (TPSA) is 96.0 Å². The Labute approximate surface area is 147 Å². The zero-order valence-electron chi connectivity index (χ0n) is 14.4. The van der Waals surface area contributed by atoms with Crippen LogP contribution in [0, 0.1) is 0 Å². The number of esters is 1. The molecule has 1 aliphatic rings. The molecule has 138 valence electrons. The Hall–Kier alpha value is -1.97. The first-order valence-electron chi connectivity index (χ1n) is 7.96. The van der Waals surface area contributed by atoms with Crippen molar-refractivity contribution in [3.63, 3.8) is 0 Å². The first-order chi connectivity index (χ1) is 11.8. The second-order valence-electron chi connectivity index (χ2n) is 5.89. The number of piperazine rings is 1. The van der Waals surface area contributed by atoms with Crippen molar-refractivity contribution in [2.45, 2.75) is 6.42 Å². The number of hydrogen-bond donors (Lipinski definition) is 1. The predicted molar refractivity (Wildman–Crippen MR) is 93.9 cm³/mol. The van der Waals surface area contributed by atoms with E-state index in [2.05, 4.69) is 15.0 Å². The van der Waals surface area contributed by atoms with E-state index in [0.29, 0.717) is 37.4 Å². The van der Waals surface area contributed by atoms with E-state index in [-0.39, 0.29) is 12.2 Å². The van der Waals surface area contributed by atoms with Gasteiger partial charge in [-0.3, -0.25) is 4.79 Å². The third-order valence-electron chi connectivity index (χ3n) is 4.01. The normalized spacial score (nSPS) is 16.4. The van der Waals surface area contributed by atoms with E-state index in [0.717, 1.165) is 0 Å². The smallest absolute Gasteiger partial charge is 0.337 e. The van der Waals surface area contributed by atoms with E-state index in [1.807, 2.05) is 7.05 Å². The number of ether oxygens (including phenoxy) is 1. The molecule has 0 bridgehead atoms. The van der Waals surface area contributed by atoms with Crippen LogP contribution in [0.15, 0.2) is 24.3 Å². The monoisotopic (exact) mass is 369 g/mol. The van der Waals surface area contributed by atoms with E-state index in [9.17, 15) is 18.0 Å². The highest BCUT2D eigenvalue weighted by Crippen LogP contribution is 2.13. The van der Waals surface area contributed by atoms with E-state index in [1.54, 1.807) is 18.2 Å². The maximum atomic E-state index is 12.3. The quantitative estimate of drug-likeness (QED) is 0.728. The van der Waals surface area contributed by atoms with E-state index in [1.165, 1.54) is 17.5 Å². The lowest BCUT2D eigenvalue weighted by Crippen LogP contribution is -2.47. The molecule has 1 saturated heterocycles. The summed E-state index contributed by atoms with van der Waals surface area (Å²) in [5.41, 5.74) is 0.732. The van der Waals surface area contributed by atoms with Crippen LogP contribution in [0.3, 0.4) is 0 Å². The van der Waals surface area contributed by atoms with Crippen LogP contribution in [0.4, 0.5) is 5.69 Å². The van der Waals surface area contributed by atoms with Gasteiger partial charge in [0, 0.05) is 38.3 Å². The predicted octanol–water partition coefficient (Wildman–Crippen LogP) is 0.379. The van der Waals surface area contributed by atoms with E-state index in [4.69, 9.17) is 0 Å². The highest BCUT2D eigenvalue weighted by molar-refractivity contribution is 7.89. The summed E-state index contributed by atoms with van der Waals surface area (Å²) in [5.74, 6) is -1.16. The summed E-state index contributed by atoms with van der Waals surface area (Å²) in [6, 6.07) is 6.29. The second kappa shape index (κ2) is 8.41. The highest BCUT2D eigenvalue weighted by atomic mass is 32.2. The summed E-state index contributed by atoms with van der Waals surface area (Å²) in [6.45, 7) is 2.26. The van der Waals surface area contributed by atoms with Crippen molar-refractivity contribution in [2.24, 2.45) is 0 Å². The number of amides is 1. The molecule has 8 nitrogen and oxygen atoms in total. The molecule has 0 saturated carbocycles. The van der Waals surface area contributed by atoms with Gasteiger partial charge in [-0.25, -0.2) is 13.2 Å². The fourth-order valence-corrected chi connectivity index (χ4v) is 3.90. The highest BCUT2D eigenvalue weighted by Gasteiger charge is 2.26. The zero-order chi connectivity index (χ0) is 18.4. The fraction of sp³-hybridized carbons (Fsp3) is 0.500. The molecule has 0 aliphatic carbocycles. The average molecular weight is 369 g/mol. The molecule has 0 atom stereocenters. The number of likely N-dealkylation sites (N-methyl/N-ethyl adjacent to an activating group) is 1. The Morgan fingerprint density at radius 3 is 2.52 bits per heavy atom. The van der Waals surface area contributed by atoms with E-state index < -0.39 is 21.9 Å². The average Bonchev–Trinajstić information content (AvgIpc) is 2.60. The molecule has 0 spiro atoms. The van der Waals surface area contributed by atoms with Gasteiger partial charge >= 0.3 is 5.97 Å². The molecule has 1 amide bonds. The van der Waals surface area contributed by atoms with Crippen molar-refractivity contribution in [3.8, 4) is 0 Å². The van der Waals surface area contributed by atoms with Crippen LogP contribution in [0.5, 0.6) is 0 Å². The minimum absolute atomic E-state index is 0.142. The summed E-state index contributed by atoms with van der Waals surface area (Å²) >= 11 is 0. The van der Waals surface area contributed by atoms with E-state index >= 15 is 0 Å². The number of carbonyl (C=O) groups excluding carboxylic acids is 2. The van der Waals surface area contributed by atoms with Crippen LogP contribution in [0.25, 0.3) is 0 Å². The molecule has 9 heteroatoms. The Bertz CT molecular complexity index is 727. The number of nitrogens with one attached hydrogen (secondary N) is 1. The van der Waals surface area contributed by atoms with Gasteiger partial charge in [-0.05, 0) is 25.2 Å². The summed E-state index contributed by atoms with van der Waals surface area (Å²) < 4.78 is 30.6. The van der Waals surface area contributed by atoms with Crippen LogP contribution < -0.4 is 5.32 Å². The SMILES string of the molecule is COC(=O)c1cccc(NC(=O)CCS(=O)(=O)N2CCN(C)CC2)c1. The molecule has 0 unspecified atom stereocenters. The number of rotatable bonds is 6. The Kier molecular flexibility index (Phi) is 6.51. The van der Waals surface area contributed by atoms with Crippen molar-refractivity contribution in [3.05, 3.63) is 29.8 Å². The lowest BCUT2D eigenvalue weighted by atomic mass is 10.2. The van der Waals surface area contributed by atoms with Crippen molar-refractivity contribution in [1.82, 2.24) is 9.21 Å². The van der Waals surface area contributed by atoms with Gasteiger partial charge in [0.25, 0.3) is 0 Å². The van der Waals surface area contributed by atoms with Gasteiger partial charge in [-0.2, -0.15) is 4.31 Å². The van der Waals surface area contributed by atoms with Gasteiger partial charge in [0.15, 0.2) is 0 Å². The molecule has 1 heterocycles. The molecular weight excluding hydrogens is 346 g/mol. The van der Waals surface area contributed by atoms with Gasteiger partial charge < -0.3 is 15.0 Å². The van der Waals surface area contributed by atoms with Crippen molar-refractivity contribution >= 4 is 27.6 Å². The van der Waals surface area contributed by atoms with Gasteiger partial charge in [0.1, 0.15) is 0 Å². The van der Waals surface area contributed by atoms with Gasteiger partial charge in [0.05, 0.1) is 18.4 Å². The minimum atomic E-state index is -3.45. The molecule has 1 fully saturated rings. The number of hydrogen-bond acceptors (Lipinski definition) is 6. The second-order valence-corrected chi connectivity index (χ2v) is 7.98. The Balaban J connectivity index is 1.89. The van der Waals surface area contributed by atoms with Gasteiger partial charge in [-0.15, -0.1) is 0 Å². The van der Waals surface area contributed by atoms with Crippen LogP contribution in [0.2, 0.25) is 0 Å². The lowest BCUT2D eigenvalue weighted by molar-refractivity contribution is -0.115. The molecule has 1 aromatic carbocycles. The number of sulfonamides is 1. The molecule has 1 N–H and O–H groups in total. The lowest BCUT2D eigenvalue weighted by Gasteiger charge is -2.31. The maximum Gasteiger partial charge on any atom is 0.337 e. The fourth-order valence-electron chi connectivity index (χ4n) is 2.48. The first kappa shape index (κ1) is 19.4. The molecule has 2 rings (SSSR count). The number of nitrogens with zero attached hydrogens (tertiary/aromatic N) is 2. The van der Waals surface area contributed by atoms with Crippen molar-refractivity contribution < 1.29 is 22.7 Å². The number of carbonyl (C=O) groups is 2. The van der Waals surface area contributed by atoms with Gasteiger partial charge in [0.2, 0.25) is 15.9 Å². The zero-order valence-corrected chi connectivity index (χ0v) is 15.2. The molecule has 1 aromatic rings. The largest absolute Gasteiger partial charge is 0.465 e. The number of methoxy groups -OCH3 is 1. The summed E-state index contributed by atoms with van der Waals surface area (Å²) in [7, 11) is -0.229. The van der Waals surface area contributed by atoms with Crippen molar-refractivity contribution in [2.75, 3.05) is 51.4 Å². The Morgan fingerprint density at radius 2 is 1.88 bits per heavy atom. The van der Waals surface area contributed by atoms with Gasteiger partial charge in [-0.1, -0.05) is 6.07 Å². The molecule has 25 heavy (non-hydrogen) atoms. The van der Waals surface area contributed by atoms with Crippen LogP contribution >= 0.6 is 0 Å². The van der Waals surface area contributed by atoms with Crippen LogP contribution in [0.1, 0.15) is 16.8 Å². The third kappa shape index (κ3) is 5.52. The third-order valence-corrected chi connectivity index (χ3v) is 5.88. The summed E-state index contributed by atoms with van der Waals surface area (Å²) in [6.07, 6.45) is -0.142. The van der Waals surface area contributed by atoms with Crippen molar-refractivity contribution in [1.29, 1.82) is 0 Å². The molecule has 0 aromatic heterocycles. The summed E-state index contributed by atoms with van der Waals surface area (Å²) in [4.78, 5) is 25.6. The summed E-state index contributed by atoms with van der Waals surface area (Å²) in [5, 5.41) is 2.61.